The topological polar surface area (TPSA) is 65.1 Å². The molecule has 1 rings (SSSR count). The molecular weight excluding hydrogens is 192 g/mol. The minimum absolute atomic E-state index is 0.308. The molecule has 0 aromatic rings. The first kappa shape index (κ1) is 12.3. The Bertz CT molecular complexity index is 202. The van der Waals surface area contributed by atoms with Gasteiger partial charge in [-0.1, -0.05) is 5.16 Å². The lowest BCUT2D eigenvalue weighted by Gasteiger charge is -2.20. The molecule has 5 nitrogen and oxygen atoms in total. The van der Waals surface area contributed by atoms with E-state index in [1.165, 1.54) is 25.9 Å². The monoisotopic (exact) mass is 214 g/mol. The van der Waals surface area contributed by atoms with Crippen LogP contribution >= 0.6 is 0 Å². The Balaban J connectivity index is 2.04. The van der Waals surface area contributed by atoms with Gasteiger partial charge in [-0.15, -0.1) is 0 Å². The standard InChI is InChI=1S/C10H22N4O/c1-13(7-4-10(11)12-15)8-9-14-5-2-3-6-14/h15H,2-9H2,1H3,(H2,11,12). The molecule has 0 unspecified atom stereocenters. The molecule has 0 aromatic heterocycles. The van der Waals surface area contributed by atoms with Crippen LogP contribution in [0.4, 0.5) is 0 Å². The number of rotatable bonds is 6. The van der Waals surface area contributed by atoms with E-state index in [-0.39, 0.29) is 0 Å². The maximum atomic E-state index is 8.39. The SMILES string of the molecule is CN(CCC(N)=NO)CCN1CCCC1. The summed E-state index contributed by atoms with van der Waals surface area (Å²) in [5.41, 5.74) is 5.40. The van der Waals surface area contributed by atoms with Crippen LogP contribution in [0.1, 0.15) is 19.3 Å². The molecule has 0 aromatic carbocycles. The third-order valence-corrected chi connectivity index (χ3v) is 2.87. The molecule has 88 valence electrons. The van der Waals surface area contributed by atoms with Crippen molar-refractivity contribution >= 4 is 5.84 Å². The maximum absolute atomic E-state index is 8.39. The number of likely N-dealkylation sites (tertiary alicyclic amines) is 1. The van der Waals surface area contributed by atoms with Crippen LogP contribution < -0.4 is 5.73 Å². The number of nitrogens with two attached hydrogens (primary N) is 1. The van der Waals surface area contributed by atoms with Crippen molar-refractivity contribution in [3.8, 4) is 0 Å². The van der Waals surface area contributed by atoms with Crippen LogP contribution in [0.15, 0.2) is 5.16 Å². The summed E-state index contributed by atoms with van der Waals surface area (Å²) in [6.07, 6.45) is 3.31. The lowest BCUT2D eigenvalue weighted by atomic mass is 10.3. The van der Waals surface area contributed by atoms with E-state index >= 15 is 0 Å². The van der Waals surface area contributed by atoms with Crippen molar-refractivity contribution in [3.05, 3.63) is 0 Å². The fourth-order valence-corrected chi connectivity index (χ4v) is 1.79. The predicted molar refractivity (Wildman–Crippen MR) is 61.2 cm³/mol. The van der Waals surface area contributed by atoms with Crippen LogP contribution in [0, 0.1) is 0 Å². The third-order valence-electron chi connectivity index (χ3n) is 2.87. The lowest BCUT2D eigenvalue weighted by molar-refractivity contribution is 0.259. The number of amidine groups is 1. The molecule has 0 atom stereocenters. The minimum atomic E-state index is 0.308. The van der Waals surface area contributed by atoms with Crippen LogP contribution in [0.2, 0.25) is 0 Å². The second-order valence-electron chi connectivity index (χ2n) is 4.19. The molecule has 0 spiro atoms. The molecular formula is C10H22N4O. The van der Waals surface area contributed by atoms with Gasteiger partial charge in [0.2, 0.25) is 0 Å². The van der Waals surface area contributed by atoms with Gasteiger partial charge in [-0.3, -0.25) is 0 Å². The van der Waals surface area contributed by atoms with Crippen LogP contribution in [-0.2, 0) is 0 Å². The number of nitrogens with zero attached hydrogens (tertiary/aromatic N) is 3. The Labute approximate surface area is 91.5 Å². The highest BCUT2D eigenvalue weighted by Gasteiger charge is 2.11. The average Bonchev–Trinajstić information content (AvgIpc) is 2.75. The van der Waals surface area contributed by atoms with E-state index in [4.69, 9.17) is 10.9 Å². The molecule has 0 aliphatic carbocycles. The Morgan fingerprint density at radius 2 is 2.07 bits per heavy atom. The van der Waals surface area contributed by atoms with Crippen LogP contribution in [0.3, 0.4) is 0 Å². The van der Waals surface area contributed by atoms with Crippen LogP contribution in [0.5, 0.6) is 0 Å². The Morgan fingerprint density at radius 3 is 2.67 bits per heavy atom. The van der Waals surface area contributed by atoms with Gasteiger partial charge >= 0.3 is 0 Å². The molecule has 0 saturated carbocycles. The first-order valence-electron chi connectivity index (χ1n) is 5.59. The summed E-state index contributed by atoms with van der Waals surface area (Å²) in [4.78, 5) is 4.70. The summed E-state index contributed by atoms with van der Waals surface area (Å²) >= 11 is 0. The van der Waals surface area contributed by atoms with Gasteiger partial charge in [0.25, 0.3) is 0 Å². The zero-order chi connectivity index (χ0) is 11.1. The molecule has 1 aliphatic rings. The van der Waals surface area contributed by atoms with Gasteiger partial charge in [0, 0.05) is 26.1 Å². The van der Waals surface area contributed by atoms with Gasteiger partial charge < -0.3 is 20.7 Å². The molecule has 3 N–H and O–H groups in total. The van der Waals surface area contributed by atoms with Crippen LogP contribution in [-0.4, -0.2) is 60.6 Å². The highest BCUT2D eigenvalue weighted by Crippen LogP contribution is 2.06. The minimum Gasteiger partial charge on any atom is -0.409 e. The molecule has 1 aliphatic heterocycles. The second kappa shape index (κ2) is 6.63. The predicted octanol–water partition coefficient (Wildman–Crippen LogP) is 0.151. The maximum Gasteiger partial charge on any atom is 0.140 e. The number of hydrogen-bond donors (Lipinski definition) is 2. The zero-order valence-corrected chi connectivity index (χ0v) is 9.52. The zero-order valence-electron chi connectivity index (χ0n) is 9.52. The van der Waals surface area contributed by atoms with Gasteiger partial charge in [-0.2, -0.15) is 0 Å². The molecule has 1 saturated heterocycles. The molecule has 5 heteroatoms. The molecule has 15 heavy (non-hydrogen) atoms. The highest BCUT2D eigenvalue weighted by atomic mass is 16.4. The van der Waals surface area contributed by atoms with Gasteiger partial charge in [0.05, 0.1) is 0 Å². The third kappa shape index (κ3) is 4.99. The molecule has 0 amide bonds. The van der Waals surface area contributed by atoms with E-state index in [0.29, 0.717) is 12.3 Å². The van der Waals surface area contributed by atoms with Gasteiger partial charge in [0.15, 0.2) is 0 Å². The second-order valence-corrected chi connectivity index (χ2v) is 4.19. The summed E-state index contributed by atoms with van der Waals surface area (Å²) in [7, 11) is 2.07. The van der Waals surface area contributed by atoms with Crippen molar-refractivity contribution < 1.29 is 5.21 Å². The molecule has 0 bridgehead atoms. The highest BCUT2D eigenvalue weighted by molar-refractivity contribution is 5.79. The lowest BCUT2D eigenvalue weighted by Crippen LogP contribution is -2.33. The van der Waals surface area contributed by atoms with Crippen molar-refractivity contribution in [1.82, 2.24) is 9.80 Å². The van der Waals surface area contributed by atoms with Crippen molar-refractivity contribution in [2.45, 2.75) is 19.3 Å². The fourth-order valence-electron chi connectivity index (χ4n) is 1.79. The Kier molecular flexibility index (Phi) is 5.42. The average molecular weight is 214 g/mol. The van der Waals surface area contributed by atoms with E-state index in [9.17, 15) is 0 Å². The number of oxime groups is 1. The van der Waals surface area contributed by atoms with Crippen molar-refractivity contribution in [2.24, 2.45) is 10.9 Å². The van der Waals surface area contributed by atoms with E-state index in [1.807, 2.05) is 0 Å². The van der Waals surface area contributed by atoms with Crippen LogP contribution in [0.25, 0.3) is 0 Å². The first-order valence-corrected chi connectivity index (χ1v) is 5.59. The summed E-state index contributed by atoms with van der Waals surface area (Å²) in [5, 5.41) is 11.3. The van der Waals surface area contributed by atoms with Crippen molar-refractivity contribution in [1.29, 1.82) is 0 Å². The Hall–Kier alpha value is -0.810. The Morgan fingerprint density at radius 1 is 1.40 bits per heavy atom. The summed E-state index contributed by atoms with van der Waals surface area (Å²) in [5.74, 6) is 0.308. The normalized spacial score (nSPS) is 18.9. The first-order chi connectivity index (χ1) is 7.22. The quantitative estimate of drug-likeness (QED) is 0.286. The van der Waals surface area contributed by atoms with E-state index in [0.717, 1.165) is 19.6 Å². The van der Waals surface area contributed by atoms with Gasteiger partial charge in [-0.05, 0) is 33.0 Å². The van der Waals surface area contributed by atoms with E-state index in [1.54, 1.807) is 0 Å². The summed E-state index contributed by atoms with van der Waals surface area (Å²) in [6, 6.07) is 0. The smallest absolute Gasteiger partial charge is 0.140 e. The van der Waals surface area contributed by atoms with E-state index < -0.39 is 0 Å². The molecule has 0 radical (unpaired) electrons. The summed E-state index contributed by atoms with van der Waals surface area (Å²) < 4.78 is 0. The van der Waals surface area contributed by atoms with Gasteiger partial charge in [0.1, 0.15) is 5.84 Å². The molecule has 1 heterocycles. The van der Waals surface area contributed by atoms with Crippen molar-refractivity contribution in [3.63, 3.8) is 0 Å². The fraction of sp³-hybridized carbons (Fsp3) is 0.900. The van der Waals surface area contributed by atoms with Gasteiger partial charge in [-0.25, -0.2) is 0 Å². The number of hydrogen-bond acceptors (Lipinski definition) is 4. The molecule has 1 fully saturated rings. The van der Waals surface area contributed by atoms with E-state index in [2.05, 4.69) is 22.0 Å². The van der Waals surface area contributed by atoms with Crippen molar-refractivity contribution in [2.75, 3.05) is 39.8 Å². The number of likely N-dealkylation sites (N-methyl/N-ethyl adjacent to an activating group) is 1. The summed E-state index contributed by atoms with van der Waals surface area (Å²) in [6.45, 7) is 5.53. The largest absolute Gasteiger partial charge is 0.409 e.